The molecule has 4 aromatic rings. The molecule has 0 aliphatic carbocycles. The summed E-state index contributed by atoms with van der Waals surface area (Å²) in [6.07, 6.45) is 0. The van der Waals surface area contributed by atoms with Crippen molar-refractivity contribution in [1.29, 1.82) is 0 Å². The zero-order chi connectivity index (χ0) is 22.8. The molecule has 0 saturated carbocycles. The number of aryl methyl sites for hydroxylation is 2. The van der Waals surface area contributed by atoms with Crippen LogP contribution in [0.4, 0.5) is 0 Å². The van der Waals surface area contributed by atoms with Gasteiger partial charge >= 0.3 is 0 Å². The SMILES string of the molecule is Cc1ccc2c(O)c(-c3cc(OCCCl)c4cc(C)ccc4c3O)cc(OCCCl)c2c1. The summed E-state index contributed by atoms with van der Waals surface area (Å²) in [7, 11) is 0. The molecule has 0 aliphatic heterocycles. The summed E-state index contributed by atoms with van der Waals surface area (Å²) >= 11 is 11.7. The molecule has 0 unspecified atom stereocenters. The van der Waals surface area contributed by atoms with Gasteiger partial charge in [0, 0.05) is 32.7 Å². The van der Waals surface area contributed by atoms with E-state index in [1.54, 1.807) is 12.1 Å². The van der Waals surface area contributed by atoms with Crippen LogP contribution in [0.1, 0.15) is 11.1 Å². The van der Waals surface area contributed by atoms with E-state index in [1.165, 1.54) is 0 Å². The first kappa shape index (κ1) is 22.4. The number of hydrogen-bond acceptors (Lipinski definition) is 4. The lowest BCUT2D eigenvalue weighted by atomic mass is 9.94. The molecular formula is C26H24Cl2O4. The fourth-order valence-electron chi connectivity index (χ4n) is 3.93. The first-order valence-electron chi connectivity index (χ1n) is 10.3. The van der Waals surface area contributed by atoms with Gasteiger partial charge in [-0.05, 0) is 38.1 Å². The highest BCUT2D eigenvalue weighted by atomic mass is 35.5. The van der Waals surface area contributed by atoms with Gasteiger partial charge in [-0.15, -0.1) is 23.2 Å². The quantitative estimate of drug-likeness (QED) is 0.287. The molecule has 4 aromatic carbocycles. The second-order valence-corrected chi connectivity index (χ2v) is 8.47. The van der Waals surface area contributed by atoms with Gasteiger partial charge in [0.25, 0.3) is 0 Å². The molecule has 0 aliphatic rings. The van der Waals surface area contributed by atoms with Gasteiger partial charge in [-0.2, -0.15) is 0 Å². The number of aromatic hydroxyl groups is 2. The monoisotopic (exact) mass is 470 g/mol. The fourth-order valence-corrected chi connectivity index (χ4v) is 4.08. The van der Waals surface area contributed by atoms with Crippen molar-refractivity contribution in [3.8, 4) is 34.1 Å². The predicted octanol–water partition coefficient (Wildman–Crippen LogP) is 6.92. The molecule has 0 atom stereocenters. The number of phenolic OH excluding ortho intramolecular Hbond substituents is 2. The van der Waals surface area contributed by atoms with Gasteiger partial charge in [-0.3, -0.25) is 0 Å². The number of halogens is 2. The first-order chi connectivity index (χ1) is 15.4. The van der Waals surface area contributed by atoms with Crippen LogP contribution in [0.5, 0.6) is 23.0 Å². The highest BCUT2D eigenvalue weighted by molar-refractivity contribution is 6.18. The molecule has 0 saturated heterocycles. The Kier molecular flexibility index (Phi) is 6.54. The van der Waals surface area contributed by atoms with Crippen molar-refractivity contribution in [1.82, 2.24) is 0 Å². The Morgan fingerprint density at radius 1 is 0.625 bits per heavy atom. The second-order valence-electron chi connectivity index (χ2n) is 7.71. The van der Waals surface area contributed by atoms with E-state index < -0.39 is 0 Å². The van der Waals surface area contributed by atoms with E-state index >= 15 is 0 Å². The molecule has 0 spiro atoms. The average Bonchev–Trinajstić information content (AvgIpc) is 2.78. The minimum absolute atomic E-state index is 0.0586. The maximum Gasteiger partial charge on any atom is 0.131 e. The Bertz CT molecular complexity index is 1200. The van der Waals surface area contributed by atoms with Gasteiger partial charge in [-0.25, -0.2) is 0 Å². The third-order valence-electron chi connectivity index (χ3n) is 5.41. The summed E-state index contributed by atoms with van der Waals surface area (Å²) in [6, 6.07) is 15.0. The predicted molar refractivity (Wildman–Crippen MR) is 132 cm³/mol. The van der Waals surface area contributed by atoms with E-state index in [0.29, 0.717) is 58.4 Å². The minimum atomic E-state index is 0.0586. The first-order valence-corrected chi connectivity index (χ1v) is 11.4. The highest BCUT2D eigenvalue weighted by Gasteiger charge is 2.20. The molecule has 0 amide bonds. The lowest BCUT2D eigenvalue weighted by Crippen LogP contribution is -2.01. The number of benzene rings is 4. The Hall–Kier alpha value is -2.82. The third kappa shape index (κ3) is 4.13. The van der Waals surface area contributed by atoms with Gasteiger partial charge < -0.3 is 19.7 Å². The van der Waals surface area contributed by atoms with Crippen LogP contribution in [-0.2, 0) is 0 Å². The van der Waals surface area contributed by atoms with Gasteiger partial charge in [-0.1, -0.05) is 35.4 Å². The molecule has 0 bridgehead atoms. The Morgan fingerprint density at radius 2 is 1.03 bits per heavy atom. The molecule has 6 heteroatoms. The maximum atomic E-state index is 11.2. The molecule has 2 N–H and O–H groups in total. The van der Waals surface area contributed by atoms with Gasteiger partial charge in [0.2, 0.25) is 0 Å². The van der Waals surface area contributed by atoms with E-state index in [2.05, 4.69) is 0 Å². The summed E-state index contributed by atoms with van der Waals surface area (Å²) in [5, 5.41) is 25.2. The largest absolute Gasteiger partial charge is 0.507 e. The zero-order valence-corrected chi connectivity index (χ0v) is 19.4. The Labute approximate surface area is 196 Å². The fraction of sp³-hybridized carbons (Fsp3) is 0.231. The third-order valence-corrected chi connectivity index (χ3v) is 5.72. The van der Waals surface area contributed by atoms with E-state index in [1.807, 2.05) is 50.2 Å². The van der Waals surface area contributed by atoms with Crippen LogP contribution in [0.15, 0.2) is 48.5 Å². The van der Waals surface area contributed by atoms with Crippen LogP contribution in [0.3, 0.4) is 0 Å². The summed E-state index contributed by atoms with van der Waals surface area (Å²) in [5.41, 5.74) is 2.98. The van der Waals surface area contributed by atoms with Crippen molar-refractivity contribution in [2.75, 3.05) is 25.0 Å². The van der Waals surface area contributed by atoms with Crippen LogP contribution >= 0.6 is 23.2 Å². The lowest BCUT2D eigenvalue weighted by Gasteiger charge is -2.18. The van der Waals surface area contributed by atoms with Crippen molar-refractivity contribution in [2.45, 2.75) is 13.8 Å². The highest BCUT2D eigenvalue weighted by Crippen LogP contribution is 2.48. The second kappa shape index (κ2) is 9.35. The lowest BCUT2D eigenvalue weighted by molar-refractivity contribution is 0.346. The number of fused-ring (bicyclic) bond motifs is 2. The van der Waals surface area contributed by atoms with Crippen LogP contribution in [-0.4, -0.2) is 35.2 Å². The van der Waals surface area contributed by atoms with Crippen molar-refractivity contribution in [2.24, 2.45) is 0 Å². The van der Waals surface area contributed by atoms with Crippen LogP contribution in [0.25, 0.3) is 32.7 Å². The summed E-state index contributed by atoms with van der Waals surface area (Å²) < 4.78 is 11.8. The van der Waals surface area contributed by atoms with Gasteiger partial charge in [0.15, 0.2) is 0 Å². The molecule has 4 nitrogen and oxygen atoms in total. The van der Waals surface area contributed by atoms with Gasteiger partial charge in [0.05, 0.1) is 11.8 Å². The molecule has 166 valence electrons. The maximum absolute atomic E-state index is 11.2. The summed E-state index contributed by atoms with van der Waals surface area (Å²) in [6.45, 7) is 4.60. The van der Waals surface area contributed by atoms with Crippen molar-refractivity contribution < 1.29 is 19.7 Å². The zero-order valence-electron chi connectivity index (χ0n) is 17.9. The smallest absolute Gasteiger partial charge is 0.131 e. The van der Waals surface area contributed by atoms with Crippen molar-refractivity contribution in [3.05, 3.63) is 59.7 Å². The molecule has 0 radical (unpaired) electrons. The topological polar surface area (TPSA) is 58.9 Å². The van der Waals surface area contributed by atoms with Crippen LogP contribution < -0.4 is 9.47 Å². The number of alkyl halides is 2. The molecule has 0 fully saturated rings. The van der Waals surface area contributed by atoms with E-state index in [9.17, 15) is 10.2 Å². The molecule has 0 aromatic heterocycles. The molecule has 32 heavy (non-hydrogen) atoms. The molecule has 0 heterocycles. The van der Waals surface area contributed by atoms with Crippen molar-refractivity contribution >= 4 is 44.7 Å². The minimum Gasteiger partial charge on any atom is -0.507 e. The average molecular weight is 471 g/mol. The molecular weight excluding hydrogens is 447 g/mol. The Morgan fingerprint density at radius 3 is 1.41 bits per heavy atom. The number of hydrogen-bond donors (Lipinski definition) is 2. The number of phenols is 2. The van der Waals surface area contributed by atoms with E-state index in [4.69, 9.17) is 32.7 Å². The van der Waals surface area contributed by atoms with Gasteiger partial charge in [0.1, 0.15) is 36.2 Å². The summed E-state index contributed by atoms with van der Waals surface area (Å²) in [5.74, 6) is 1.96. The normalized spacial score (nSPS) is 11.2. The van der Waals surface area contributed by atoms with Crippen molar-refractivity contribution in [3.63, 3.8) is 0 Å². The standard InChI is InChI=1S/C26H24Cl2O4/c1-15-3-5-17-19(11-15)23(31-9-7-27)13-21(25(17)29)22-14-24(32-10-8-28)20-12-16(2)4-6-18(20)26(22)30/h3-6,11-14,29-30H,7-10H2,1-2H3. The van der Waals surface area contributed by atoms with E-state index in [0.717, 1.165) is 21.9 Å². The van der Waals surface area contributed by atoms with Crippen LogP contribution in [0, 0.1) is 13.8 Å². The summed E-state index contributed by atoms with van der Waals surface area (Å²) in [4.78, 5) is 0. The van der Waals surface area contributed by atoms with Crippen LogP contribution in [0.2, 0.25) is 0 Å². The Balaban J connectivity index is 2.02. The number of ether oxygens (including phenoxy) is 2. The van der Waals surface area contributed by atoms with E-state index in [-0.39, 0.29) is 11.5 Å². The number of rotatable bonds is 7. The molecule has 4 rings (SSSR count).